The Labute approximate surface area is 181 Å². The van der Waals surface area contributed by atoms with Gasteiger partial charge in [0, 0.05) is 50.4 Å². The smallest absolute Gasteiger partial charge is 0.259 e. The van der Waals surface area contributed by atoms with Crippen molar-refractivity contribution in [3.8, 4) is 5.75 Å². The maximum atomic E-state index is 13.5. The fourth-order valence-corrected chi connectivity index (χ4v) is 3.71. The van der Waals surface area contributed by atoms with Crippen LogP contribution >= 0.6 is 0 Å². The van der Waals surface area contributed by atoms with Crippen LogP contribution in [0.1, 0.15) is 29.8 Å². The molecule has 9 nitrogen and oxygen atoms in total. The van der Waals surface area contributed by atoms with Crippen molar-refractivity contribution in [2.45, 2.75) is 26.3 Å². The van der Waals surface area contributed by atoms with E-state index in [4.69, 9.17) is 4.74 Å². The Hall–Kier alpha value is -3.20. The van der Waals surface area contributed by atoms with Gasteiger partial charge >= 0.3 is 0 Å². The predicted octanol–water partition coefficient (Wildman–Crippen LogP) is 1.31. The molecule has 4 rings (SSSR count). The number of carbonyl (C=O) groups excluding carboxylic acids is 2. The lowest BCUT2D eigenvalue weighted by Crippen LogP contribution is -2.50. The highest BCUT2D eigenvalue weighted by molar-refractivity contribution is 6.08. The van der Waals surface area contributed by atoms with Crippen molar-refractivity contribution in [1.29, 1.82) is 0 Å². The molecule has 0 radical (unpaired) electrons. The summed E-state index contributed by atoms with van der Waals surface area (Å²) < 4.78 is 5.55. The fourth-order valence-electron chi connectivity index (χ4n) is 3.71. The van der Waals surface area contributed by atoms with Crippen molar-refractivity contribution in [2.75, 3.05) is 49.5 Å². The standard InChI is InChI=1S/C22H28N6O3/c1-15(2)25-22-24-7-5-19(26-22)28(14-20(29)27-10-8-23-9-11-27)21(30)17-3-4-18-16(13-17)6-12-31-18/h3-5,7,13,15,23H,6,8-12,14H2,1-2H3,(H,24,25,26). The summed E-state index contributed by atoms with van der Waals surface area (Å²) in [6.45, 7) is 7.26. The van der Waals surface area contributed by atoms with Crippen molar-refractivity contribution in [3.05, 3.63) is 41.6 Å². The van der Waals surface area contributed by atoms with Gasteiger partial charge in [-0.2, -0.15) is 4.98 Å². The van der Waals surface area contributed by atoms with Crippen molar-refractivity contribution in [3.63, 3.8) is 0 Å². The number of carbonyl (C=O) groups is 2. The Balaban J connectivity index is 1.63. The highest BCUT2D eigenvalue weighted by atomic mass is 16.5. The van der Waals surface area contributed by atoms with Crippen molar-refractivity contribution in [2.24, 2.45) is 0 Å². The third kappa shape index (κ3) is 4.93. The van der Waals surface area contributed by atoms with E-state index in [2.05, 4.69) is 20.6 Å². The van der Waals surface area contributed by atoms with Crippen LogP contribution in [0.5, 0.6) is 5.75 Å². The molecule has 3 heterocycles. The second-order valence-electron chi connectivity index (χ2n) is 7.98. The van der Waals surface area contributed by atoms with Gasteiger partial charge in [0.15, 0.2) is 0 Å². The van der Waals surface area contributed by atoms with Gasteiger partial charge in [-0.05, 0) is 43.7 Å². The minimum Gasteiger partial charge on any atom is -0.493 e. The number of fused-ring (bicyclic) bond motifs is 1. The number of anilines is 2. The van der Waals surface area contributed by atoms with Crippen LogP contribution in [-0.2, 0) is 11.2 Å². The van der Waals surface area contributed by atoms with Gasteiger partial charge < -0.3 is 20.3 Å². The summed E-state index contributed by atoms with van der Waals surface area (Å²) in [7, 11) is 0. The molecule has 31 heavy (non-hydrogen) atoms. The zero-order valence-corrected chi connectivity index (χ0v) is 17.9. The van der Waals surface area contributed by atoms with E-state index in [0.717, 1.165) is 30.8 Å². The van der Waals surface area contributed by atoms with Gasteiger partial charge in [-0.25, -0.2) is 4.98 Å². The SMILES string of the molecule is CC(C)Nc1nccc(N(CC(=O)N2CCNCC2)C(=O)c2ccc3c(c2)CCO3)n1. The van der Waals surface area contributed by atoms with Crippen molar-refractivity contribution < 1.29 is 14.3 Å². The van der Waals surface area contributed by atoms with E-state index in [1.807, 2.05) is 26.0 Å². The molecule has 0 saturated carbocycles. The van der Waals surface area contributed by atoms with E-state index in [1.165, 1.54) is 4.90 Å². The van der Waals surface area contributed by atoms with Gasteiger partial charge in [0.2, 0.25) is 11.9 Å². The van der Waals surface area contributed by atoms with Crippen LogP contribution in [0, 0.1) is 0 Å². The number of piperazine rings is 1. The molecule has 2 aromatic rings. The van der Waals surface area contributed by atoms with Crippen LogP contribution in [-0.4, -0.2) is 72.1 Å². The van der Waals surface area contributed by atoms with Crippen LogP contribution in [0.3, 0.4) is 0 Å². The number of nitrogens with one attached hydrogen (secondary N) is 2. The fraction of sp³-hybridized carbons (Fsp3) is 0.455. The quantitative estimate of drug-likeness (QED) is 0.721. The zero-order chi connectivity index (χ0) is 21.8. The summed E-state index contributed by atoms with van der Waals surface area (Å²) >= 11 is 0. The summed E-state index contributed by atoms with van der Waals surface area (Å²) in [5.74, 6) is 1.25. The van der Waals surface area contributed by atoms with Gasteiger partial charge in [0.25, 0.3) is 5.91 Å². The molecule has 0 atom stereocenters. The normalized spacial score (nSPS) is 15.4. The van der Waals surface area contributed by atoms with Gasteiger partial charge in [-0.15, -0.1) is 0 Å². The molecule has 1 fully saturated rings. The first-order chi connectivity index (χ1) is 15.0. The number of hydrogen-bond acceptors (Lipinski definition) is 7. The molecule has 2 aliphatic rings. The molecule has 164 valence electrons. The first-order valence-electron chi connectivity index (χ1n) is 10.7. The molecule has 0 bridgehead atoms. The average Bonchev–Trinajstić information content (AvgIpc) is 3.25. The lowest BCUT2D eigenvalue weighted by atomic mass is 10.1. The highest BCUT2D eigenvalue weighted by Crippen LogP contribution is 2.27. The van der Waals surface area contributed by atoms with Gasteiger partial charge in [-0.1, -0.05) is 0 Å². The van der Waals surface area contributed by atoms with Crippen LogP contribution in [0.15, 0.2) is 30.5 Å². The minimum absolute atomic E-state index is 0.0788. The molecule has 2 N–H and O–H groups in total. The van der Waals surface area contributed by atoms with Gasteiger partial charge in [0.1, 0.15) is 18.1 Å². The molecule has 9 heteroatoms. The second kappa shape index (κ2) is 9.30. The topological polar surface area (TPSA) is 99.7 Å². The molecule has 1 aromatic carbocycles. The zero-order valence-electron chi connectivity index (χ0n) is 17.9. The van der Waals surface area contributed by atoms with Gasteiger partial charge in [-0.3, -0.25) is 14.5 Å². The number of ether oxygens (including phenoxy) is 1. The highest BCUT2D eigenvalue weighted by Gasteiger charge is 2.27. The van der Waals surface area contributed by atoms with Crippen molar-refractivity contribution in [1.82, 2.24) is 20.2 Å². The number of aromatic nitrogens is 2. The predicted molar refractivity (Wildman–Crippen MR) is 118 cm³/mol. The van der Waals surface area contributed by atoms with Crippen LogP contribution in [0.25, 0.3) is 0 Å². The number of hydrogen-bond donors (Lipinski definition) is 2. The summed E-state index contributed by atoms with van der Waals surface area (Å²) in [6, 6.07) is 7.20. The molecular formula is C22H28N6O3. The van der Waals surface area contributed by atoms with E-state index in [0.29, 0.717) is 37.0 Å². The Morgan fingerprint density at radius 1 is 1.26 bits per heavy atom. The number of rotatable bonds is 6. The number of amides is 2. The van der Waals surface area contributed by atoms with Crippen molar-refractivity contribution >= 4 is 23.6 Å². The summed E-state index contributed by atoms with van der Waals surface area (Å²) in [6.07, 6.45) is 2.37. The first kappa shape index (κ1) is 21.0. The third-order valence-electron chi connectivity index (χ3n) is 5.28. The summed E-state index contributed by atoms with van der Waals surface area (Å²) in [4.78, 5) is 38.5. The molecule has 0 spiro atoms. The largest absolute Gasteiger partial charge is 0.493 e. The summed E-state index contributed by atoms with van der Waals surface area (Å²) in [5.41, 5.74) is 1.51. The lowest BCUT2D eigenvalue weighted by Gasteiger charge is -2.30. The van der Waals surface area contributed by atoms with Crippen LogP contribution in [0.2, 0.25) is 0 Å². The Morgan fingerprint density at radius 2 is 2.06 bits per heavy atom. The van der Waals surface area contributed by atoms with Crippen LogP contribution in [0.4, 0.5) is 11.8 Å². The molecule has 0 aliphatic carbocycles. The molecule has 2 aliphatic heterocycles. The molecule has 1 saturated heterocycles. The summed E-state index contributed by atoms with van der Waals surface area (Å²) in [5, 5.41) is 6.39. The Kier molecular flexibility index (Phi) is 6.31. The molecule has 0 unspecified atom stereocenters. The van der Waals surface area contributed by atoms with E-state index in [1.54, 1.807) is 23.2 Å². The maximum absolute atomic E-state index is 13.5. The second-order valence-corrected chi connectivity index (χ2v) is 7.98. The molecular weight excluding hydrogens is 396 g/mol. The van der Waals surface area contributed by atoms with Gasteiger partial charge in [0.05, 0.1) is 6.61 Å². The minimum atomic E-state index is -0.271. The monoisotopic (exact) mass is 424 g/mol. The van der Waals surface area contributed by atoms with E-state index in [9.17, 15) is 9.59 Å². The molecule has 1 aromatic heterocycles. The lowest BCUT2D eigenvalue weighted by molar-refractivity contribution is -0.130. The average molecular weight is 425 g/mol. The van der Waals surface area contributed by atoms with E-state index in [-0.39, 0.29) is 24.4 Å². The van der Waals surface area contributed by atoms with E-state index < -0.39 is 0 Å². The first-order valence-corrected chi connectivity index (χ1v) is 10.7. The Bertz CT molecular complexity index is 958. The van der Waals surface area contributed by atoms with Crippen LogP contribution < -0.4 is 20.3 Å². The molecule has 2 amide bonds. The maximum Gasteiger partial charge on any atom is 0.259 e. The Morgan fingerprint density at radius 3 is 2.84 bits per heavy atom. The number of benzene rings is 1. The van der Waals surface area contributed by atoms with E-state index >= 15 is 0 Å². The third-order valence-corrected chi connectivity index (χ3v) is 5.28. The number of nitrogens with zero attached hydrogens (tertiary/aromatic N) is 4.